The fourth-order valence-electron chi connectivity index (χ4n) is 47.4. The highest BCUT2D eigenvalue weighted by Gasteiger charge is 2.72. The van der Waals surface area contributed by atoms with Gasteiger partial charge in [-0.25, -0.2) is 0 Å². The van der Waals surface area contributed by atoms with Crippen LogP contribution in [0.1, 0.15) is 334 Å². The standard InChI is InChI=1S/C17H24.C15H22.C15H24.C14H20.C12H18.C12H16.C11H18.C10H16/c1-2-9-5-8(1)14-12-7-13(15(9)14)17-11-4-3-10(6-11)16(12)17;1-2-10-11(3-1)13-7-12(10)14-8-4-5-9(6-8)15(13)14;1-2-4-11-9-15-13-6-5-12(7-13)14(15)8-10(11)3-1;1-2-8-5-7(1)13-11-6-12(14(8)13)10-4-3-9(10)11;2*1-2-8-5-7(1)11-9-3-4-10(6-9)12(8)11;1-2-4-11-9-6-5-8(7-9)10(11)3-1;1-2-9-7-4-5-8(6-7)10(9)3-1/h8-17H,1-7H2;8-15H,1-7H2;10-15H,1-9H2;7-14H,1-6H2;7-12H,1-6H2;1-2,7-12H,3-6H2;8-11H,1-7H2;7-10H,1-6H2. The van der Waals surface area contributed by atoms with Crippen molar-refractivity contribution in [1.82, 2.24) is 0 Å². The second kappa shape index (κ2) is 25.6. The molecular formula is C106H158. The van der Waals surface area contributed by atoms with Crippen LogP contribution in [0.5, 0.6) is 0 Å². The minimum absolute atomic E-state index is 1.02. The zero-order valence-corrected chi connectivity index (χ0v) is 67.9. The van der Waals surface area contributed by atoms with Crippen LogP contribution in [0.2, 0.25) is 0 Å². The van der Waals surface area contributed by atoms with E-state index in [2.05, 4.69) is 12.2 Å². The van der Waals surface area contributed by atoms with Crippen LogP contribution in [0.4, 0.5) is 0 Å². The molecule has 48 atom stereocenters. The van der Waals surface area contributed by atoms with E-state index in [1.165, 1.54) is 279 Å². The highest BCUT2D eigenvalue weighted by atomic mass is 14.8. The summed E-state index contributed by atoms with van der Waals surface area (Å²) in [6.45, 7) is 0. The summed E-state index contributed by atoms with van der Waals surface area (Å²) in [7, 11) is 0. The van der Waals surface area contributed by atoms with Crippen molar-refractivity contribution in [1.29, 1.82) is 0 Å². The first-order chi connectivity index (χ1) is 52.5. The molecule has 34 aliphatic carbocycles. The van der Waals surface area contributed by atoms with Crippen molar-refractivity contribution in [3.8, 4) is 0 Å². The van der Waals surface area contributed by atoms with Gasteiger partial charge in [0, 0.05) is 0 Å². The highest BCUT2D eigenvalue weighted by Crippen LogP contribution is 2.79. The smallest absolute Gasteiger partial charge is 0.0194 e. The molecule has 28 bridgehead atoms. The fraction of sp³-hybridized carbons (Fsp3) is 0.981. The van der Waals surface area contributed by atoms with E-state index >= 15 is 0 Å². The lowest BCUT2D eigenvalue weighted by Gasteiger charge is -2.49. The maximum atomic E-state index is 2.53. The number of hydrogen-bond acceptors (Lipinski definition) is 0. The van der Waals surface area contributed by atoms with Gasteiger partial charge in [0.2, 0.25) is 0 Å². The quantitative estimate of drug-likeness (QED) is 0.168. The lowest BCUT2D eigenvalue weighted by molar-refractivity contribution is -0.00279. The van der Waals surface area contributed by atoms with Crippen molar-refractivity contribution in [2.24, 2.45) is 308 Å². The Kier molecular flexibility index (Phi) is 16.2. The first-order valence-electron chi connectivity index (χ1n) is 52.1. The van der Waals surface area contributed by atoms with Crippen LogP contribution in [-0.2, 0) is 0 Å². The lowest BCUT2D eigenvalue weighted by Crippen LogP contribution is -2.42. The Hall–Kier alpha value is -0.260. The third-order valence-corrected chi connectivity index (χ3v) is 49.3. The Morgan fingerprint density at radius 2 is 0.321 bits per heavy atom. The Balaban J connectivity index is 0.0000000674. The summed E-state index contributed by atoms with van der Waals surface area (Å²) < 4.78 is 0. The Morgan fingerprint density at radius 1 is 0.104 bits per heavy atom. The minimum Gasteiger partial charge on any atom is -0.0848 e. The third kappa shape index (κ3) is 9.83. The van der Waals surface area contributed by atoms with Gasteiger partial charge in [-0.05, 0) is 590 Å². The van der Waals surface area contributed by atoms with Gasteiger partial charge in [-0.2, -0.15) is 0 Å². The third-order valence-electron chi connectivity index (χ3n) is 49.3. The van der Waals surface area contributed by atoms with Crippen molar-refractivity contribution >= 4 is 0 Å². The molecule has 0 heterocycles. The molecule has 0 nitrogen and oxygen atoms in total. The summed E-state index contributed by atoms with van der Waals surface area (Å²) in [5.41, 5.74) is 0. The van der Waals surface area contributed by atoms with E-state index < -0.39 is 0 Å². The molecule has 34 aliphatic rings. The molecule has 0 aliphatic heterocycles. The van der Waals surface area contributed by atoms with Crippen LogP contribution in [0.3, 0.4) is 0 Å². The van der Waals surface area contributed by atoms with E-state index in [0.717, 1.165) is 35.5 Å². The molecule has 0 spiro atoms. The lowest BCUT2D eigenvalue weighted by atomic mass is 9.56. The van der Waals surface area contributed by atoms with Crippen LogP contribution in [-0.4, -0.2) is 0 Å². The molecular weight excluding hydrogens is 1270 g/mol. The second-order valence-corrected chi connectivity index (χ2v) is 50.5. The molecule has 0 amide bonds. The van der Waals surface area contributed by atoms with Crippen molar-refractivity contribution in [2.45, 2.75) is 334 Å². The van der Waals surface area contributed by atoms with E-state index in [9.17, 15) is 0 Å². The van der Waals surface area contributed by atoms with E-state index in [4.69, 9.17) is 0 Å². The predicted molar refractivity (Wildman–Crippen MR) is 431 cm³/mol. The van der Waals surface area contributed by atoms with Crippen LogP contribution < -0.4 is 0 Å². The van der Waals surface area contributed by atoms with E-state index in [-0.39, 0.29) is 0 Å². The highest BCUT2D eigenvalue weighted by molar-refractivity contribution is 5.22. The van der Waals surface area contributed by atoms with Crippen molar-refractivity contribution in [3.05, 3.63) is 12.2 Å². The SMILES string of the molecule is C1=CC2CC1C1C3CCC(C3)C21.C1CC2C(C1)C1CC2C2C3CCC(C3)C12.C1CC2C3CCC(C3)C2C1.C1CC2CC1C1C3CC(C21)C1C2CCC(C2)C31.C1CC2CC1C1C3CC(C4CCC43)C21.C1CC2CC1C1C3CCC(C3)C21.C1CCC2C3CCC(C3)C2C1.C1CCC2CC3C4CCC(C4)C3CC2C1. The average Bonchev–Trinajstić information content (AvgIpc) is 1.53. The van der Waals surface area contributed by atoms with Gasteiger partial charge in [-0.15, -0.1) is 0 Å². The number of allylic oxidation sites excluding steroid dienone is 2. The van der Waals surface area contributed by atoms with Crippen molar-refractivity contribution < 1.29 is 0 Å². The maximum absolute atomic E-state index is 2.53. The molecule has 48 unspecified atom stereocenters. The molecule has 34 rings (SSSR count). The second-order valence-electron chi connectivity index (χ2n) is 50.5. The van der Waals surface area contributed by atoms with Gasteiger partial charge in [-0.1, -0.05) is 63.5 Å². The summed E-state index contributed by atoms with van der Waals surface area (Å²) in [4.78, 5) is 0. The average molecular weight is 1430 g/mol. The summed E-state index contributed by atoms with van der Waals surface area (Å²) in [5.74, 6) is 62.6. The molecule has 0 aromatic rings. The topological polar surface area (TPSA) is 0 Å². The monoisotopic (exact) mass is 1430 g/mol. The van der Waals surface area contributed by atoms with Gasteiger partial charge in [0.15, 0.2) is 0 Å². The normalized spacial score (nSPS) is 65.1. The fourth-order valence-corrected chi connectivity index (χ4v) is 47.4. The van der Waals surface area contributed by atoms with Crippen molar-refractivity contribution in [3.63, 3.8) is 0 Å². The predicted octanol–water partition coefficient (Wildman–Crippen LogP) is 27.2. The van der Waals surface area contributed by atoms with Crippen LogP contribution in [0.15, 0.2) is 12.2 Å². The first-order valence-corrected chi connectivity index (χ1v) is 52.1. The summed E-state index contributed by atoms with van der Waals surface area (Å²) in [5, 5.41) is 0. The molecule has 0 heteroatoms. The summed E-state index contributed by atoms with van der Waals surface area (Å²) >= 11 is 0. The number of fused-ring (bicyclic) bond motifs is 74. The van der Waals surface area contributed by atoms with Crippen LogP contribution in [0, 0.1) is 308 Å². The zero-order chi connectivity index (χ0) is 68.2. The van der Waals surface area contributed by atoms with E-state index in [1.54, 1.807) is 327 Å². The van der Waals surface area contributed by atoms with E-state index in [1.807, 2.05) is 0 Å². The number of hydrogen-bond donors (Lipinski definition) is 0. The Labute approximate surface area is 649 Å². The molecule has 33 fully saturated rings. The molecule has 0 aromatic heterocycles. The van der Waals surface area contributed by atoms with Gasteiger partial charge in [0.1, 0.15) is 0 Å². The van der Waals surface area contributed by atoms with Crippen LogP contribution >= 0.6 is 0 Å². The minimum atomic E-state index is 1.02. The van der Waals surface area contributed by atoms with E-state index in [0.29, 0.717) is 0 Å². The largest absolute Gasteiger partial charge is 0.0848 e. The molecule has 106 heavy (non-hydrogen) atoms. The Morgan fingerprint density at radius 3 is 0.632 bits per heavy atom. The van der Waals surface area contributed by atoms with Crippen molar-refractivity contribution in [2.75, 3.05) is 0 Å². The molecule has 33 saturated carbocycles. The molecule has 582 valence electrons. The Bertz CT molecular complexity index is 3040. The van der Waals surface area contributed by atoms with Gasteiger partial charge in [0.05, 0.1) is 0 Å². The molecule has 0 aromatic carbocycles. The van der Waals surface area contributed by atoms with Gasteiger partial charge in [-0.3, -0.25) is 0 Å². The maximum Gasteiger partial charge on any atom is -0.0194 e. The van der Waals surface area contributed by atoms with Gasteiger partial charge < -0.3 is 0 Å². The molecule has 0 radical (unpaired) electrons. The zero-order valence-electron chi connectivity index (χ0n) is 67.9. The first kappa shape index (κ1) is 66.8. The molecule has 0 saturated heterocycles. The molecule has 0 N–H and O–H groups in total. The van der Waals surface area contributed by atoms with Crippen LogP contribution in [0.25, 0.3) is 0 Å². The number of rotatable bonds is 0. The van der Waals surface area contributed by atoms with Gasteiger partial charge >= 0.3 is 0 Å². The van der Waals surface area contributed by atoms with Gasteiger partial charge in [0.25, 0.3) is 0 Å². The summed E-state index contributed by atoms with van der Waals surface area (Å²) in [6, 6.07) is 0. The summed E-state index contributed by atoms with van der Waals surface area (Å²) in [6.07, 6.45) is 88.8.